The first kappa shape index (κ1) is 49.7. The summed E-state index contributed by atoms with van der Waals surface area (Å²) in [5.41, 5.74) is -0.851. The van der Waals surface area contributed by atoms with Gasteiger partial charge < -0.3 is 89.0 Å². The van der Waals surface area contributed by atoms with Crippen molar-refractivity contribution in [3.8, 4) is 68.6 Å². The average molecular weight is 947 g/mol. The number of phenolic OH excluding ortho intramolecular Hbond substituents is 4. The van der Waals surface area contributed by atoms with E-state index in [1.54, 1.807) is 42.5 Å². The minimum atomic E-state index is -1.69. The number of rotatable bonds is 19. The Morgan fingerprint density at radius 1 is 0.544 bits per heavy atom. The fraction of sp³-hybridized carbons (Fsp3) is 0.400. The van der Waals surface area contributed by atoms with Gasteiger partial charge >= 0.3 is 0 Å². The number of aromatic hydroxyl groups is 4. The van der Waals surface area contributed by atoms with Crippen LogP contribution in [0.2, 0.25) is 0 Å². The highest BCUT2D eigenvalue weighted by Crippen LogP contribution is 2.50. The predicted octanol–water partition coefficient (Wildman–Crippen LogP) is 4.00. The van der Waals surface area contributed by atoms with Crippen LogP contribution >= 0.6 is 0 Å². The zero-order valence-electron chi connectivity index (χ0n) is 38.2. The molecule has 0 bridgehead atoms. The molecule has 5 aromatic carbocycles. The summed E-state index contributed by atoms with van der Waals surface area (Å²) in [6, 6.07) is 19.9. The van der Waals surface area contributed by atoms with Crippen LogP contribution in [-0.4, -0.2) is 137 Å². The van der Waals surface area contributed by atoms with Crippen LogP contribution in [0.15, 0.2) is 78.9 Å². The first-order valence-corrected chi connectivity index (χ1v) is 21.7. The molecule has 7 rings (SSSR count). The van der Waals surface area contributed by atoms with E-state index in [0.29, 0.717) is 27.8 Å². The van der Waals surface area contributed by atoms with Crippen molar-refractivity contribution in [2.45, 2.75) is 48.5 Å². The van der Waals surface area contributed by atoms with E-state index in [2.05, 4.69) is 0 Å². The Labute approximate surface area is 392 Å². The summed E-state index contributed by atoms with van der Waals surface area (Å²) in [7, 11) is 6.87. The second-order valence-electron chi connectivity index (χ2n) is 17.0. The summed E-state index contributed by atoms with van der Waals surface area (Å²) in [5, 5.41) is 110. The minimum Gasteiger partial charge on any atom is -0.504 e. The molecule has 0 saturated carbocycles. The van der Waals surface area contributed by atoms with Crippen LogP contribution in [0.5, 0.6) is 57.5 Å². The number of aliphatic hydroxyl groups excluding tert-OH is 4. The molecule has 366 valence electrons. The molecule has 2 aliphatic heterocycles. The maximum atomic E-state index is 12.3. The monoisotopic (exact) mass is 946 g/mol. The molecule has 2 aliphatic rings. The molecule has 0 spiro atoms. The van der Waals surface area contributed by atoms with E-state index < -0.39 is 67.3 Å². The first-order valence-electron chi connectivity index (χ1n) is 21.7. The van der Waals surface area contributed by atoms with Gasteiger partial charge in [0.05, 0.1) is 92.0 Å². The van der Waals surface area contributed by atoms with Crippen LogP contribution in [0.4, 0.5) is 0 Å². The molecule has 8 atom stereocenters. The van der Waals surface area contributed by atoms with Crippen molar-refractivity contribution in [2.75, 3.05) is 68.6 Å². The average Bonchev–Trinajstić information content (AvgIpc) is 3.86. The molecule has 18 nitrogen and oxygen atoms in total. The zero-order valence-corrected chi connectivity index (χ0v) is 38.2. The second-order valence-corrected chi connectivity index (χ2v) is 17.0. The number of hydrogen-bond donors (Lipinski definition) is 10. The molecular formula is C50H58O18. The van der Waals surface area contributed by atoms with E-state index in [1.165, 1.54) is 71.9 Å². The lowest BCUT2D eigenvalue weighted by molar-refractivity contribution is -0.0155. The highest BCUT2D eigenvalue weighted by molar-refractivity contribution is 5.81. The third-order valence-electron chi connectivity index (χ3n) is 13.0. The molecular weight excluding hydrogens is 889 g/mol. The maximum Gasteiger partial charge on any atom is 0.165 e. The summed E-state index contributed by atoms with van der Waals surface area (Å²) in [4.78, 5) is 0. The van der Waals surface area contributed by atoms with Crippen molar-refractivity contribution in [2.24, 2.45) is 11.8 Å². The van der Waals surface area contributed by atoms with E-state index in [0.717, 1.165) is 0 Å². The third kappa shape index (κ3) is 9.59. The number of methoxy groups -OCH3 is 5. The van der Waals surface area contributed by atoms with Crippen molar-refractivity contribution in [3.05, 3.63) is 107 Å². The van der Waals surface area contributed by atoms with E-state index in [4.69, 9.17) is 37.9 Å². The second kappa shape index (κ2) is 20.6. The lowest BCUT2D eigenvalue weighted by Crippen LogP contribution is -2.42. The van der Waals surface area contributed by atoms with Crippen molar-refractivity contribution in [3.63, 3.8) is 0 Å². The molecule has 68 heavy (non-hydrogen) atoms. The summed E-state index contributed by atoms with van der Waals surface area (Å²) < 4.78 is 45.4. The molecule has 0 amide bonds. The molecule has 18 heteroatoms. The number of ether oxygens (including phenoxy) is 8. The van der Waals surface area contributed by atoms with Crippen molar-refractivity contribution >= 4 is 0 Å². The van der Waals surface area contributed by atoms with Gasteiger partial charge in [0.25, 0.3) is 0 Å². The lowest BCUT2D eigenvalue weighted by atomic mass is 9.79. The van der Waals surface area contributed by atoms with Crippen molar-refractivity contribution in [1.82, 2.24) is 0 Å². The Kier molecular flexibility index (Phi) is 15.0. The molecule has 2 fully saturated rings. The zero-order chi connectivity index (χ0) is 49.1. The van der Waals surface area contributed by atoms with Crippen molar-refractivity contribution < 1.29 is 89.0 Å². The van der Waals surface area contributed by atoms with E-state index in [-0.39, 0.29) is 94.7 Å². The highest BCUT2D eigenvalue weighted by Gasteiger charge is 2.50. The van der Waals surface area contributed by atoms with E-state index in [9.17, 15) is 51.1 Å². The predicted molar refractivity (Wildman–Crippen MR) is 243 cm³/mol. The molecule has 0 radical (unpaired) electrons. The van der Waals surface area contributed by atoms with Gasteiger partial charge in [-0.15, -0.1) is 0 Å². The Hall–Kier alpha value is -6.22. The van der Waals surface area contributed by atoms with Gasteiger partial charge in [-0.2, -0.15) is 0 Å². The molecule has 2 heterocycles. The summed E-state index contributed by atoms with van der Waals surface area (Å²) in [5.74, 6) is -1.92. The molecule has 0 unspecified atom stereocenters. The summed E-state index contributed by atoms with van der Waals surface area (Å²) >= 11 is 0. The summed E-state index contributed by atoms with van der Waals surface area (Å²) in [6.45, 7) is -1.97. The van der Waals surface area contributed by atoms with Gasteiger partial charge in [0, 0.05) is 35.8 Å². The molecule has 5 aromatic rings. The molecule has 0 aliphatic carbocycles. The molecule has 0 aromatic heterocycles. The van der Waals surface area contributed by atoms with Crippen LogP contribution in [0.1, 0.15) is 46.1 Å². The quantitative estimate of drug-likeness (QED) is 0.0560. The maximum absolute atomic E-state index is 12.3. The SMILES string of the molecule is COc1cc([C@@H](O)[C@H](CO)Oc2ccc([C@H]3OC[C@](O)(Cc4cc(OC)c(O)c(-c5cc(C[C@@]6(O)CO[C@@H](c7ccc(O)c(OC)c7)[C@@H]6CO)cc(OC)c5O)c4)[C@@H]3CO)cc2OC)ccc1O. The normalized spacial score (nSPS) is 23.2. The summed E-state index contributed by atoms with van der Waals surface area (Å²) in [6.07, 6.45) is -4.33. The largest absolute Gasteiger partial charge is 0.504 e. The Balaban J connectivity index is 1.14. The number of aliphatic hydroxyl groups is 6. The fourth-order valence-electron chi connectivity index (χ4n) is 9.28. The van der Waals surface area contributed by atoms with Gasteiger partial charge in [0.15, 0.2) is 63.6 Å². The Bertz CT molecular complexity index is 2570. The topological polar surface area (TPSA) is 276 Å². The molecule has 2 saturated heterocycles. The van der Waals surface area contributed by atoms with Crippen LogP contribution in [0, 0.1) is 11.8 Å². The smallest absolute Gasteiger partial charge is 0.165 e. The van der Waals surface area contributed by atoms with Gasteiger partial charge in [0.1, 0.15) is 6.10 Å². The van der Waals surface area contributed by atoms with Gasteiger partial charge in [-0.3, -0.25) is 0 Å². The Morgan fingerprint density at radius 3 is 1.44 bits per heavy atom. The lowest BCUT2D eigenvalue weighted by Gasteiger charge is -2.30. The van der Waals surface area contributed by atoms with Crippen LogP contribution in [-0.2, 0) is 22.3 Å². The molecule has 10 N–H and O–H groups in total. The standard InChI is InChI=1S/C50H58O18/c1-61-38-16-28(6-9-35(38)54)44(56)43(23-53)68-37-11-8-30(18-40(37)63-3)48-34(22-52)50(60,25-67-48)20-27-13-32(46(58)42(15-27)65-5)31-12-26(14-41(64-4)45(31)57)19-49(59)24-66-47(33(49)21-51)29-7-10-36(55)39(17-29)62-2/h6-18,33-34,43-44,47-48,51-60H,19-25H2,1-5H3/t33-,34+,43-,44+,47-,48+,49+,50+/m0/s1. The van der Waals surface area contributed by atoms with Gasteiger partial charge in [-0.05, 0) is 88.5 Å². The van der Waals surface area contributed by atoms with E-state index >= 15 is 0 Å². The minimum absolute atomic E-state index is 0.00685. The van der Waals surface area contributed by atoms with Crippen LogP contribution < -0.4 is 28.4 Å². The van der Waals surface area contributed by atoms with E-state index in [1.807, 2.05) is 0 Å². The van der Waals surface area contributed by atoms with Crippen molar-refractivity contribution in [1.29, 1.82) is 0 Å². The number of hydrogen-bond acceptors (Lipinski definition) is 18. The number of benzene rings is 5. The van der Waals surface area contributed by atoms with Crippen LogP contribution in [0.3, 0.4) is 0 Å². The first-order chi connectivity index (χ1) is 32.6. The third-order valence-corrected chi connectivity index (χ3v) is 13.0. The fourth-order valence-corrected chi connectivity index (χ4v) is 9.28. The van der Waals surface area contributed by atoms with Gasteiger partial charge in [-0.25, -0.2) is 0 Å². The van der Waals surface area contributed by atoms with Gasteiger partial charge in [0.2, 0.25) is 0 Å². The highest BCUT2D eigenvalue weighted by atomic mass is 16.5. The van der Waals surface area contributed by atoms with Gasteiger partial charge in [-0.1, -0.05) is 18.2 Å². The van der Waals surface area contributed by atoms with Crippen LogP contribution in [0.25, 0.3) is 11.1 Å². The Morgan fingerprint density at radius 2 is 0.985 bits per heavy atom. The number of phenols is 4.